The van der Waals surface area contributed by atoms with Crippen LogP contribution >= 0.6 is 0 Å². The summed E-state index contributed by atoms with van der Waals surface area (Å²) in [6, 6.07) is 5.94. The third-order valence-corrected chi connectivity index (χ3v) is 2.93. The molecule has 6 heteroatoms. The van der Waals surface area contributed by atoms with Gasteiger partial charge in [0.25, 0.3) is 0 Å². The van der Waals surface area contributed by atoms with Crippen molar-refractivity contribution in [3.63, 3.8) is 0 Å². The monoisotopic (exact) mass is 265 g/mol. The Morgan fingerprint density at radius 1 is 1.32 bits per heavy atom. The SMILES string of the molecule is NC(CCCCNCc1ccc2c(c1)OCO2)=NO. The summed E-state index contributed by atoms with van der Waals surface area (Å²) in [5.41, 5.74) is 6.55. The van der Waals surface area contributed by atoms with Crippen molar-refractivity contribution in [3.8, 4) is 11.5 Å². The van der Waals surface area contributed by atoms with Gasteiger partial charge in [-0.15, -0.1) is 0 Å². The first-order chi connectivity index (χ1) is 9.29. The molecule has 0 saturated carbocycles. The molecule has 0 radical (unpaired) electrons. The van der Waals surface area contributed by atoms with Crippen LogP contribution in [0.4, 0.5) is 0 Å². The Morgan fingerprint density at radius 2 is 2.16 bits per heavy atom. The highest BCUT2D eigenvalue weighted by Gasteiger charge is 2.12. The maximum absolute atomic E-state index is 8.39. The van der Waals surface area contributed by atoms with Crippen molar-refractivity contribution >= 4 is 5.84 Å². The van der Waals surface area contributed by atoms with Gasteiger partial charge in [0.2, 0.25) is 6.79 Å². The van der Waals surface area contributed by atoms with Crippen LogP contribution in [0.1, 0.15) is 24.8 Å². The second-order valence-corrected chi connectivity index (χ2v) is 4.41. The van der Waals surface area contributed by atoms with E-state index in [0.29, 0.717) is 13.2 Å². The largest absolute Gasteiger partial charge is 0.454 e. The first-order valence-electron chi connectivity index (χ1n) is 6.35. The molecule has 1 heterocycles. The van der Waals surface area contributed by atoms with Crippen molar-refractivity contribution in [3.05, 3.63) is 23.8 Å². The van der Waals surface area contributed by atoms with Crippen molar-refractivity contribution < 1.29 is 14.7 Å². The molecular formula is C13H19N3O3. The predicted octanol–water partition coefficient (Wildman–Crippen LogP) is 1.42. The molecule has 0 aliphatic carbocycles. The molecule has 1 aromatic carbocycles. The summed E-state index contributed by atoms with van der Waals surface area (Å²) >= 11 is 0. The Labute approximate surface area is 112 Å². The smallest absolute Gasteiger partial charge is 0.231 e. The molecule has 1 aliphatic heterocycles. The quantitative estimate of drug-likeness (QED) is 0.228. The molecule has 19 heavy (non-hydrogen) atoms. The topological polar surface area (TPSA) is 89.1 Å². The lowest BCUT2D eigenvalue weighted by atomic mass is 10.2. The Hall–Kier alpha value is -1.95. The molecule has 1 aliphatic rings. The van der Waals surface area contributed by atoms with E-state index in [1.807, 2.05) is 18.2 Å². The van der Waals surface area contributed by atoms with Gasteiger partial charge in [0.1, 0.15) is 5.84 Å². The summed E-state index contributed by atoms with van der Waals surface area (Å²) in [7, 11) is 0. The van der Waals surface area contributed by atoms with E-state index in [-0.39, 0.29) is 5.84 Å². The second kappa shape index (κ2) is 6.84. The second-order valence-electron chi connectivity index (χ2n) is 4.41. The number of oxime groups is 1. The molecule has 0 atom stereocenters. The zero-order chi connectivity index (χ0) is 13.5. The molecule has 0 spiro atoms. The van der Waals surface area contributed by atoms with Gasteiger partial charge in [0, 0.05) is 13.0 Å². The highest BCUT2D eigenvalue weighted by molar-refractivity contribution is 5.79. The Bertz CT molecular complexity index is 449. The van der Waals surface area contributed by atoms with Crippen LogP contribution in [0.5, 0.6) is 11.5 Å². The van der Waals surface area contributed by atoms with Gasteiger partial charge in [0.05, 0.1) is 0 Å². The van der Waals surface area contributed by atoms with Gasteiger partial charge >= 0.3 is 0 Å². The number of fused-ring (bicyclic) bond motifs is 1. The van der Waals surface area contributed by atoms with Gasteiger partial charge in [-0.1, -0.05) is 11.2 Å². The van der Waals surface area contributed by atoms with Gasteiger partial charge in [-0.05, 0) is 37.1 Å². The van der Waals surface area contributed by atoms with Gasteiger partial charge in [-0.25, -0.2) is 0 Å². The number of nitrogens with two attached hydrogens (primary N) is 1. The van der Waals surface area contributed by atoms with E-state index in [9.17, 15) is 0 Å². The number of hydrogen-bond acceptors (Lipinski definition) is 5. The molecule has 0 saturated heterocycles. The number of ether oxygens (including phenoxy) is 2. The fraction of sp³-hybridized carbons (Fsp3) is 0.462. The molecule has 1 aromatic rings. The highest BCUT2D eigenvalue weighted by Crippen LogP contribution is 2.32. The molecule has 104 valence electrons. The summed E-state index contributed by atoms with van der Waals surface area (Å²) in [4.78, 5) is 0. The summed E-state index contributed by atoms with van der Waals surface area (Å²) in [6.07, 6.45) is 2.52. The van der Waals surface area contributed by atoms with Gasteiger partial charge < -0.3 is 25.7 Å². The van der Waals surface area contributed by atoms with E-state index in [1.54, 1.807) is 0 Å². The molecule has 0 unspecified atom stereocenters. The lowest BCUT2D eigenvalue weighted by Crippen LogP contribution is -2.16. The van der Waals surface area contributed by atoms with Gasteiger partial charge in [-0.3, -0.25) is 0 Å². The molecule has 6 nitrogen and oxygen atoms in total. The van der Waals surface area contributed by atoms with Crippen LogP contribution < -0.4 is 20.5 Å². The number of hydrogen-bond donors (Lipinski definition) is 3. The maximum Gasteiger partial charge on any atom is 0.231 e. The molecule has 0 fully saturated rings. The fourth-order valence-electron chi connectivity index (χ4n) is 1.89. The fourth-order valence-corrected chi connectivity index (χ4v) is 1.89. The summed E-state index contributed by atoms with van der Waals surface area (Å²) in [6.45, 7) is 1.99. The molecule has 2 rings (SSSR count). The van der Waals surface area contributed by atoms with E-state index in [1.165, 1.54) is 5.56 Å². The van der Waals surface area contributed by atoms with Crippen molar-refractivity contribution in [2.75, 3.05) is 13.3 Å². The average Bonchev–Trinajstić information content (AvgIpc) is 2.89. The van der Waals surface area contributed by atoms with E-state index < -0.39 is 0 Å². The summed E-state index contributed by atoms with van der Waals surface area (Å²) in [5.74, 6) is 1.91. The van der Waals surface area contributed by atoms with Crippen LogP contribution in [0, 0.1) is 0 Å². The molecule has 0 bridgehead atoms. The molecular weight excluding hydrogens is 246 g/mol. The average molecular weight is 265 g/mol. The lowest BCUT2D eigenvalue weighted by molar-refractivity contribution is 0.174. The third-order valence-electron chi connectivity index (χ3n) is 2.93. The zero-order valence-electron chi connectivity index (χ0n) is 10.8. The minimum absolute atomic E-state index is 0.288. The van der Waals surface area contributed by atoms with Crippen molar-refractivity contribution in [2.24, 2.45) is 10.9 Å². The number of nitrogens with one attached hydrogen (secondary N) is 1. The normalized spacial score (nSPS) is 13.8. The third kappa shape index (κ3) is 4.03. The first-order valence-corrected chi connectivity index (χ1v) is 6.35. The van der Waals surface area contributed by atoms with Gasteiger partial charge in [-0.2, -0.15) is 0 Å². The first kappa shape index (κ1) is 13.5. The summed E-state index contributed by atoms with van der Waals surface area (Å²) < 4.78 is 10.6. The van der Waals surface area contributed by atoms with Crippen LogP contribution in [0.3, 0.4) is 0 Å². The van der Waals surface area contributed by atoms with Crippen molar-refractivity contribution in [1.82, 2.24) is 5.32 Å². The van der Waals surface area contributed by atoms with E-state index >= 15 is 0 Å². The minimum Gasteiger partial charge on any atom is -0.454 e. The number of rotatable bonds is 7. The van der Waals surface area contributed by atoms with Crippen LogP contribution in [-0.4, -0.2) is 24.4 Å². The number of unbranched alkanes of at least 4 members (excludes halogenated alkanes) is 1. The molecule has 0 amide bonds. The van der Waals surface area contributed by atoms with E-state index in [2.05, 4.69) is 10.5 Å². The maximum atomic E-state index is 8.39. The minimum atomic E-state index is 0.288. The van der Waals surface area contributed by atoms with Crippen molar-refractivity contribution in [2.45, 2.75) is 25.8 Å². The lowest BCUT2D eigenvalue weighted by Gasteiger charge is -2.05. The Kier molecular flexibility index (Phi) is 4.85. The van der Waals surface area contributed by atoms with E-state index in [4.69, 9.17) is 20.4 Å². The molecule has 0 aromatic heterocycles. The molecule has 4 N–H and O–H groups in total. The van der Waals surface area contributed by atoms with Crippen LogP contribution in [0.2, 0.25) is 0 Å². The zero-order valence-corrected chi connectivity index (χ0v) is 10.8. The van der Waals surface area contributed by atoms with Crippen LogP contribution in [-0.2, 0) is 6.54 Å². The Morgan fingerprint density at radius 3 is 3.00 bits per heavy atom. The standard InChI is InChI=1S/C13H19N3O3/c14-13(16-17)3-1-2-6-15-8-10-4-5-11-12(7-10)19-9-18-11/h4-5,7,15,17H,1-3,6,8-9H2,(H2,14,16). The van der Waals surface area contributed by atoms with E-state index in [0.717, 1.165) is 37.4 Å². The highest BCUT2D eigenvalue weighted by atomic mass is 16.7. The number of benzene rings is 1. The van der Waals surface area contributed by atoms with Crippen LogP contribution in [0.15, 0.2) is 23.4 Å². The van der Waals surface area contributed by atoms with Crippen molar-refractivity contribution in [1.29, 1.82) is 0 Å². The summed E-state index contributed by atoms with van der Waals surface area (Å²) in [5, 5.41) is 14.7. The predicted molar refractivity (Wildman–Crippen MR) is 71.5 cm³/mol. The Balaban J connectivity index is 1.63. The van der Waals surface area contributed by atoms with Crippen LogP contribution in [0.25, 0.3) is 0 Å². The number of nitrogens with zero attached hydrogens (tertiary/aromatic N) is 1. The van der Waals surface area contributed by atoms with Gasteiger partial charge in [0.15, 0.2) is 11.5 Å². The number of amidine groups is 1.